The molecular formula is C22H24N4O2. The van der Waals surface area contributed by atoms with Crippen LogP contribution >= 0.6 is 0 Å². The number of carbonyl (C=O) groups is 2. The van der Waals surface area contributed by atoms with Crippen LogP contribution in [0.2, 0.25) is 0 Å². The summed E-state index contributed by atoms with van der Waals surface area (Å²) in [5.74, 6) is -0.382. The van der Waals surface area contributed by atoms with Crippen LogP contribution in [0.1, 0.15) is 47.1 Å². The number of benzene rings is 2. The summed E-state index contributed by atoms with van der Waals surface area (Å²) in [6.45, 7) is 7.41. The van der Waals surface area contributed by atoms with E-state index in [2.05, 4.69) is 15.7 Å². The zero-order chi connectivity index (χ0) is 20.3. The molecule has 1 aromatic heterocycles. The van der Waals surface area contributed by atoms with E-state index in [9.17, 15) is 9.59 Å². The van der Waals surface area contributed by atoms with Gasteiger partial charge in [-0.05, 0) is 50.6 Å². The van der Waals surface area contributed by atoms with Gasteiger partial charge in [-0.15, -0.1) is 0 Å². The highest BCUT2D eigenvalue weighted by molar-refractivity contribution is 5.97. The molecule has 2 N–H and O–H groups in total. The van der Waals surface area contributed by atoms with Crippen LogP contribution in [-0.4, -0.2) is 21.6 Å². The zero-order valence-electron chi connectivity index (χ0n) is 16.5. The first-order chi connectivity index (χ1) is 13.4. The Balaban J connectivity index is 1.79. The average molecular weight is 376 g/mol. The summed E-state index contributed by atoms with van der Waals surface area (Å²) in [5, 5.41) is 10.2. The number of amides is 2. The first-order valence-electron chi connectivity index (χ1n) is 9.16. The van der Waals surface area contributed by atoms with Crippen LogP contribution in [0.4, 0.5) is 5.69 Å². The van der Waals surface area contributed by atoms with E-state index in [1.807, 2.05) is 49.7 Å². The van der Waals surface area contributed by atoms with Gasteiger partial charge in [-0.1, -0.05) is 24.3 Å². The van der Waals surface area contributed by atoms with E-state index in [0.717, 1.165) is 22.5 Å². The van der Waals surface area contributed by atoms with Crippen molar-refractivity contribution in [2.75, 3.05) is 5.32 Å². The minimum absolute atomic E-state index is 0.176. The molecule has 0 bridgehead atoms. The summed E-state index contributed by atoms with van der Waals surface area (Å²) >= 11 is 0. The number of rotatable bonds is 5. The minimum atomic E-state index is -0.213. The summed E-state index contributed by atoms with van der Waals surface area (Å²) in [6.07, 6.45) is 1.79. The van der Waals surface area contributed by atoms with Gasteiger partial charge in [0.25, 0.3) is 5.91 Å². The van der Waals surface area contributed by atoms with Crippen LogP contribution in [0.5, 0.6) is 0 Å². The maximum Gasteiger partial charge on any atom is 0.251 e. The molecule has 6 nitrogen and oxygen atoms in total. The van der Waals surface area contributed by atoms with E-state index in [0.29, 0.717) is 11.3 Å². The Labute approximate surface area is 164 Å². The van der Waals surface area contributed by atoms with Gasteiger partial charge < -0.3 is 10.6 Å². The number of aryl methyl sites for hydroxylation is 1. The van der Waals surface area contributed by atoms with Crippen molar-refractivity contribution in [3.05, 3.63) is 77.1 Å². The third-order valence-electron chi connectivity index (χ3n) is 4.65. The summed E-state index contributed by atoms with van der Waals surface area (Å²) in [6, 6.07) is 14.7. The average Bonchev–Trinajstić information content (AvgIpc) is 3.03. The third-order valence-corrected chi connectivity index (χ3v) is 4.65. The molecule has 0 aliphatic heterocycles. The minimum Gasteiger partial charge on any atom is -0.345 e. The summed E-state index contributed by atoms with van der Waals surface area (Å²) < 4.78 is 1.89. The van der Waals surface area contributed by atoms with E-state index in [1.165, 1.54) is 6.92 Å². The molecule has 0 fully saturated rings. The number of aromatic nitrogens is 2. The van der Waals surface area contributed by atoms with Crippen molar-refractivity contribution in [1.29, 1.82) is 0 Å². The second kappa shape index (κ2) is 8.08. The molecule has 144 valence electrons. The second-order valence-corrected chi connectivity index (χ2v) is 6.84. The Kier molecular flexibility index (Phi) is 5.59. The Morgan fingerprint density at radius 2 is 1.82 bits per heavy atom. The fourth-order valence-corrected chi connectivity index (χ4v) is 3.19. The predicted octanol–water partition coefficient (Wildman–Crippen LogP) is 3.94. The van der Waals surface area contributed by atoms with Crippen LogP contribution < -0.4 is 10.6 Å². The highest BCUT2D eigenvalue weighted by Crippen LogP contribution is 2.22. The molecule has 0 saturated heterocycles. The van der Waals surface area contributed by atoms with Crippen LogP contribution in [0.3, 0.4) is 0 Å². The topological polar surface area (TPSA) is 76.0 Å². The van der Waals surface area contributed by atoms with Crippen LogP contribution in [0.15, 0.2) is 54.7 Å². The lowest BCUT2D eigenvalue weighted by molar-refractivity contribution is -0.114. The molecule has 1 heterocycles. The lowest BCUT2D eigenvalue weighted by Crippen LogP contribution is -2.27. The van der Waals surface area contributed by atoms with Crippen molar-refractivity contribution in [3.8, 4) is 5.69 Å². The number of hydrogen-bond donors (Lipinski definition) is 2. The van der Waals surface area contributed by atoms with Gasteiger partial charge in [0.2, 0.25) is 5.91 Å². The number of para-hydroxylation sites is 1. The number of anilines is 1. The first kappa shape index (κ1) is 19.4. The Hall–Kier alpha value is -3.41. The first-order valence-corrected chi connectivity index (χ1v) is 9.16. The molecule has 1 atom stereocenters. The third kappa shape index (κ3) is 4.11. The zero-order valence-corrected chi connectivity index (χ0v) is 16.5. The largest absolute Gasteiger partial charge is 0.345 e. The van der Waals surface area contributed by atoms with Crippen molar-refractivity contribution in [3.63, 3.8) is 0 Å². The standard InChI is InChI=1S/C22H24N4O2/c1-14-8-5-6-11-21(14)26-16(3)20(13-23-26)15(2)24-22(28)18-9-7-10-19(12-18)25-17(4)27/h5-13,15H,1-4H3,(H,24,28)(H,25,27)/t15-/m0/s1. The van der Waals surface area contributed by atoms with E-state index >= 15 is 0 Å². The summed E-state index contributed by atoms with van der Waals surface area (Å²) in [4.78, 5) is 23.9. The second-order valence-electron chi connectivity index (χ2n) is 6.84. The number of hydrogen-bond acceptors (Lipinski definition) is 3. The normalized spacial score (nSPS) is 11.7. The lowest BCUT2D eigenvalue weighted by Gasteiger charge is -2.15. The highest BCUT2D eigenvalue weighted by Gasteiger charge is 2.18. The van der Waals surface area contributed by atoms with Crippen molar-refractivity contribution < 1.29 is 9.59 Å². The van der Waals surface area contributed by atoms with Gasteiger partial charge in [-0.25, -0.2) is 4.68 Å². The Morgan fingerprint density at radius 1 is 1.07 bits per heavy atom. The molecule has 0 spiro atoms. The number of nitrogens with zero attached hydrogens (tertiary/aromatic N) is 2. The molecule has 0 saturated carbocycles. The molecule has 3 aromatic rings. The van der Waals surface area contributed by atoms with Gasteiger partial charge in [0.15, 0.2) is 0 Å². The van der Waals surface area contributed by atoms with Crippen molar-refractivity contribution in [1.82, 2.24) is 15.1 Å². The van der Waals surface area contributed by atoms with Crippen LogP contribution in [0, 0.1) is 13.8 Å². The van der Waals surface area contributed by atoms with E-state index in [-0.39, 0.29) is 17.9 Å². The molecule has 0 aliphatic rings. The van der Waals surface area contributed by atoms with E-state index < -0.39 is 0 Å². The maximum atomic E-state index is 12.7. The smallest absolute Gasteiger partial charge is 0.251 e. The van der Waals surface area contributed by atoms with Gasteiger partial charge in [0.05, 0.1) is 17.9 Å². The molecule has 28 heavy (non-hydrogen) atoms. The monoisotopic (exact) mass is 376 g/mol. The maximum absolute atomic E-state index is 12.7. The molecule has 0 unspecified atom stereocenters. The van der Waals surface area contributed by atoms with E-state index in [4.69, 9.17) is 0 Å². The Morgan fingerprint density at radius 3 is 2.54 bits per heavy atom. The molecule has 2 amide bonds. The van der Waals surface area contributed by atoms with Crippen LogP contribution in [-0.2, 0) is 4.79 Å². The van der Waals surface area contributed by atoms with Gasteiger partial charge in [0.1, 0.15) is 0 Å². The summed E-state index contributed by atoms with van der Waals surface area (Å²) in [5.41, 5.74) is 5.17. The number of nitrogens with one attached hydrogen (secondary N) is 2. The number of carbonyl (C=O) groups excluding carboxylic acids is 2. The fourth-order valence-electron chi connectivity index (χ4n) is 3.19. The van der Waals surface area contributed by atoms with Crippen molar-refractivity contribution in [2.45, 2.75) is 33.7 Å². The summed E-state index contributed by atoms with van der Waals surface area (Å²) in [7, 11) is 0. The van der Waals surface area contributed by atoms with Crippen LogP contribution in [0.25, 0.3) is 5.69 Å². The molecule has 3 rings (SSSR count). The molecular weight excluding hydrogens is 352 g/mol. The SMILES string of the molecule is CC(=O)Nc1cccc(C(=O)N[C@@H](C)c2cnn(-c3ccccc3C)c2C)c1. The molecule has 0 radical (unpaired) electrons. The fraction of sp³-hybridized carbons (Fsp3) is 0.227. The van der Waals surface area contributed by atoms with Gasteiger partial charge >= 0.3 is 0 Å². The molecule has 2 aromatic carbocycles. The molecule has 0 aliphatic carbocycles. The van der Waals surface area contributed by atoms with Crippen molar-refractivity contribution >= 4 is 17.5 Å². The van der Waals surface area contributed by atoms with E-state index in [1.54, 1.807) is 30.5 Å². The molecule has 6 heteroatoms. The Bertz CT molecular complexity index is 1020. The predicted molar refractivity (Wildman–Crippen MR) is 110 cm³/mol. The highest BCUT2D eigenvalue weighted by atomic mass is 16.2. The van der Waals surface area contributed by atoms with Crippen molar-refractivity contribution in [2.24, 2.45) is 0 Å². The van der Waals surface area contributed by atoms with Gasteiger partial charge in [0, 0.05) is 29.4 Å². The van der Waals surface area contributed by atoms with Gasteiger partial charge in [-0.3, -0.25) is 9.59 Å². The lowest BCUT2D eigenvalue weighted by atomic mass is 10.1. The quantitative estimate of drug-likeness (QED) is 0.708. The van der Waals surface area contributed by atoms with Gasteiger partial charge in [-0.2, -0.15) is 5.10 Å².